The molecule has 138 valence electrons. The van der Waals surface area contributed by atoms with E-state index in [9.17, 15) is 14.4 Å². The molecule has 1 aromatic carbocycles. The van der Waals surface area contributed by atoms with Crippen molar-refractivity contribution in [1.29, 1.82) is 0 Å². The van der Waals surface area contributed by atoms with Gasteiger partial charge in [-0.3, -0.25) is 14.2 Å². The van der Waals surface area contributed by atoms with Crippen LogP contribution >= 0.6 is 0 Å². The molecule has 2 aromatic rings. The van der Waals surface area contributed by atoms with Crippen molar-refractivity contribution in [2.45, 2.75) is 20.4 Å². The number of nitrogens with zero attached hydrogens (tertiary/aromatic N) is 4. The van der Waals surface area contributed by atoms with Gasteiger partial charge in [0.05, 0.1) is 17.2 Å². The topological polar surface area (TPSA) is 87.5 Å². The average Bonchev–Trinajstić information content (AvgIpc) is 2.65. The van der Waals surface area contributed by atoms with Crippen LogP contribution < -0.4 is 10.9 Å². The van der Waals surface area contributed by atoms with Crippen molar-refractivity contribution in [3.8, 4) is 0 Å². The van der Waals surface area contributed by atoms with Crippen LogP contribution in [-0.2, 0) is 11.3 Å². The third-order valence-corrected chi connectivity index (χ3v) is 4.61. The van der Waals surface area contributed by atoms with E-state index in [1.54, 1.807) is 15.9 Å². The van der Waals surface area contributed by atoms with Gasteiger partial charge in [-0.25, -0.2) is 9.78 Å². The van der Waals surface area contributed by atoms with E-state index in [2.05, 4.69) is 10.3 Å². The lowest BCUT2D eigenvalue weighted by molar-refractivity contribution is -0.133. The first-order chi connectivity index (χ1) is 12.5. The number of aryl methyl sites for hydroxylation is 1. The number of amides is 3. The lowest BCUT2D eigenvalue weighted by Gasteiger charge is -2.34. The van der Waals surface area contributed by atoms with Crippen LogP contribution in [0, 0.1) is 6.92 Å². The van der Waals surface area contributed by atoms with E-state index < -0.39 is 0 Å². The molecule has 1 fully saturated rings. The standard InChI is InChI=1S/C18H23N5O3/c1-3-19-18(26)22-9-7-21(8-10-22)15(24)11-23-12-20-16-13(2)5-4-6-14(16)17(23)25/h4-6,12H,3,7-11H2,1-2H3,(H,19,26). The third-order valence-electron chi connectivity index (χ3n) is 4.61. The minimum absolute atomic E-state index is 0.0448. The van der Waals surface area contributed by atoms with Crippen molar-refractivity contribution in [3.63, 3.8) is 0 Å². The number of urea groups is 1. The Morgan fingerprint density at radius 3 is 2.54 bits per heavy atom. The number of hydrogen-bond donors (Lipinski definition) is 1. The van der Waals surface area contributed by atoms with Gasteiger partial charge in [0.1, 0.15) is 6.54 Å². The molecule has 0 atom stereocenters. The van der Waals surface area contributed by atoms with Gasteiger partial charge in [0, 0.05) is 32.7 Å². The van der Waals surface area contributed by atoms with E-state index in [1.165, 1.54) is 10.9 Å². The van der Waals surface area contributed by atoms with E-state index in [1.807, 2.05) is 26.0 Å². The Hall–Kier alpha value is -2.90. The molecule has 1 aliphatic heterocycles. The van der Waals surface area contributed by atoms with Gasteiger partial charge in [0.25, 0.3) is 5.56 Å². The van der Waals surface area contributed by atoms with Gasteiger partial charge in [0.2, 0.25) is 5.91 Å². The summed E-state index contributed by atoms with van der Waals surface area (Å²) in [6, 6.07) is 5.33. The average molecular weight is 357 g/mol. The quantitative estimate of drug-likeness (QED) is 0.870. The Morgan fingerprint density at radius 2 is 1.85 bits per heavy atom. The van der Waals surface area contributed by atoms with Crippen LogP contribution in [0.3, 0.4) is 0 Å². The van der Waals surface area contributed by atoms with Crippen LogP contribution in [-0.4, -0.2) is 64.0 Å². The first-order valence-electron chi connectivity index (χ1n) is 8.76. The maximum Gasteiger partial charge on any atom is 0.317 e. The molecule has 3 amide bonds. The summed E-state index contributed by atoms with van der Waals surface area (Å²) in [5.74, 6) is -0.142. The Kier molecular flexibility index (Phi) is 5.20. The predicted octanol–water partition coefficient (Wildman–Crippen LogP) is 0.579. The highest BCUT2D eigenvalue weighted by Gasteiger charge is 2.24. The molecular formula is C18H23N5O3. The van der Waals surface area contributed by atoms with Crippen molar-refractivity contribution in [2.75, 3.05) is 32.7 Å². The number of aromatic nitrogens is 2. The van der Waals surface area contributed by atoms with Crippen LogP contribution in [0.4, 0.5) is 4.79 Å². The summed E-state index contributed by atoms with van der Waals surface area (Å²) < 4.78 is 1.35. The first kappa shape index (κ1) is 17.9. The highest BCUT2D eigenvalue weighted by Crippen LogP contribution is 2.11. The van der Waals surface area contributed by atoms with Crippen LogP contribution in [0.1, 0.15) is 12.5 Å². The molecular weight excluding hydrogens is 334 g/mol. The number of para-hydroxylation sites is 1. The molecule has 8 heteroatoms. The molecule has 0 unspecified atom stereocenters. The number of nitrogens with one attached hydrogen (secondary N) is 1. The summed E-state index contributed by atoms with van der Waals surface area (Å²) in [5.41, 5.74) is 1.38. The zero-order valence-corrected chi connectivity index (χ0v) is 15.1. The first-order valence-corrected chi connectivity index (χ1v) is 8.76. The number of carbonyl (C=O) groups excluding carboxylic acids is 2. The zero-order valence-electron chi connectivity index (χ0n) is 15.1. The van der Waals surface area contributed by atoms with Gasteiger partial charge >= 0.3 is 6.03 Å². The number of fused-ring (bicyclic) bond motifs is 1. The normalized spacial score (nSPS) is 14.5. The molecule has 0 saturated carbocycles. The van der Waals surface area contributed by atoms with Gasteiger partial charge in [-0.2, -0.15) is 0 Å². The molecule has 0 bridgehead atoms. The molecule has 1 aliphatic rings. The molecule has 0 spiro atoms. The van der Waals surface area contributed by atoms with Gasteiger partial charge in [0.15, 0.2) is 0 Å². The summed E-state index contributed by atoms with van der Waals surface area (Å²) in [5, 5.41) is 3.27. The molecule has 1 saturated heterocycles. The van der Waals surface area contributed by atoms with Gasteiger partial charge in [-0.05, 0) is 25.5 Å². The molecule has 3 rings (SSSR count). The van der Waals surface area contributed by atoms with Crippen LogP contribution in [0.5, 0.6) is 0 Å². The fourth-order valence-electron chi connectivity index (χ4n) is 3.12. The minimum Gasteiger partial charge on any atom is -0.338 e. The monoisotopic (exact) mass is 357 g/mol. The number of hydrogen-bond acceptors (Lipinski definition) is 4. The Labute approximate surface area is 151 Å². The smallest absolute Gasteiger partial charge is 0.317 e. The lowest BCUT2D eigenvalue weighted by Crippen LogP contribution is -2.53. The number of carbonyl (C=O) groups is 2. The van der Waals surface area contributed by atoms with Gasteiger partial charge in [-0.1, -0.05) is 12.1 Å². The molecule has 0 aliphatic carbocycles. The van der Waals surface area contributed by atoms with Crippen molar-refractivity contribution in [2.24, 2.45) is 0 Å². The predicted molar refractivity (Wildman–Crippen MR) is 98.0 cm³/mol. The molecule has 2 heterocycles. The van der Waals surface area contributed by atoms with E-state index in [0.29, 0.717) is 43.6 Å². The van der Waals surface area contributed by atoms with E-state index in [-0.39, 0.29) is 24.0 Å². The second kappa shape index (κ2) is 7.55. The summed E-state index contributed by atoms with van der Waals surface area (Å²) in [4.78, 5) is 44.7. The van der Waals surface area contributed by atoms with Crippen LogP contribution in [0.2, 0.25) is 0 Å². The maximum absolute atomic E-state index is 12.6. The second-order valence-corrected chi connectivity index (χ2v) is 6.35. The molecule has 1 aromatic heterocycles. The molecule has 1 N–H and O–H groups in total. The van der Waals surface area contributed by atoms with Gasteiger partial charge < -0.3 is 15.1 Å². The maximum atomic E-state index is 12.6. The highest BCUT2D eigenvalue weighted by molar-refractivity contribution is 5.81. The molecule has 8 nitrogen and oxygen atoms in total. The van der Waals surface area contributed by atoms with Gasteiger partial charge in [-0.15, -0.1) is 0 Å². The SMILES string of the molecule is CCNC(=O)N1CCN(C(=O)Cn2cnc3c(C)cccc3c2=O)CC1. The summed E-state index contributed by atoms with van der Waals surface area (Å²) in [7, 11) is 0. The van der Waals surface area contributed by atoms with Crippen molar-refractivity contribution in [1.82, 2.24) is 24.7 Å². The van der Waals surface area contributed by atoms with E-state index in [0.717, 1.165) is 5.56 Å². The Balaban J connectivity index is 1.68. The fourth-order valence-corrected chi connectivity index (χ4v) is 3.12. The van der Waals surface area contributed by atoms with Crippen LogP contribution in [0.15, 0.2) is 29.3 Å². The summed E-state index contributed by atoms with van der Waals surface area (Å²) >= 11 is 0. The van der Waals surface area contributed by atoms with E-state index in [4.69, 9.17) is 0 Å². The summed E-state index contributed by atoms with van der Waals surface area (Å²) in [6.07, 6.45) is 1.43. The van der Waals surface area contributed by atoms with Crippen molar-refractivity contribution < 1.29 is 9.59 Å². The molecule has 0 radical (unpaired) electrons. The second-order valence-electron chi connectivity index (χ2n) is 6.35. The number of benzene rings is 1. The van der Waals surface area contributed by atoms with E-state index >= 15 is 0 Å². The molecule has 26 heavy (non-hydrogen) atoms. The Bertz CT molecular complexity index is 884. The third kappa shape index (κ3) is 3.54. The van der Waals surface area contributed by atoms with Crippen LogP contribution in [0.25, 0.3) is 10.9 Å². The minimum atomic E-state index is -0.215. The largest absolute Gasteiger partial charge is 0.338 e. The van der Waals surface area contributed by atoms with Crippen molar-refractivity contribution in [3.05, 3.63) is 40.4 Å². The Morgan fingerprint density at radius 1 is 1.15 bits per heavy atom. The lowest BCUT2D eigenvalue weighted by atomic mass is 10.1. The fraction of sp³-hybridized carbons (Fsp3) is 0.444. The summed E-state index contributed by atoms with van der Waals surface area (Å²) in [6.45, 7) is 6.21. The zero-order chi connectivity index (χ0) is 18.7. The highest BCUT2D eigenvalue weighted by atomic mass is 16.2. The number of rotatable bonds is 3. The van der Waals surface area contributed by atoms with Crippen molar-refractivity contribution >= 4 is 22.8 Å². The number of piperazine rings is 1.